The minimum absolute atomic E-state index is 0.414. The van der Waals surface area contributed by atoms with Crippen LogP contribution in [0.25, 0.3) is 0 Å². The molecule has 1 atom stereocenters. The average Bonchev–Trinajstić information content (AvgIpc) is 3.28. The van der Waals surface area contributed by atoms with E-state index < -0.39 is 7.92 Å². The topological polar surface area (TPSA) is 6.48 Å². The van der Waals surface area contributed by atoms with E-state index in [1.54, 1.807) is 0 Å². The van der Waals surface area contributed by atoms with E-state index in [-0.39, 0.29) is 0 Å². The molecule has 157 valence electrons. The number of benzene rings is 2. The van der Waals surface area contributed by atoms with Gasteiger partial charge in [-0.1, -0.05) is 67.1 Å². The Kier molecular flexibility index (Phi) is 7.99. The Morgan fingerprint density at radius 1 is 0.867 bits per heavy atom. The van der Waals surface area contributed by atoms with Gasteiger partial charge in [-0.05, 0) is 77.7 Å². The van der Waals surface area contributed by atoms with Crippen molar-refractivity contribution in [2.75, 3.05) is 33.2 Å². The van der Waals surface area contributed by atoms with Crippen LogP contribution in [0, 0.1) is 30.8 Å². The molecule has 2 aromatic rings. The number of rotatable bonds is 8. The maximum absolute atomic E-state index is 2.64. The fourth-order valence-corrected chi connectivity index (χ4v) is 7.03. The molecule has 3 heteroatoms. The summed E-state index contributed by atoms with van der Waals surface area (Å²) < 4.78 is 0. The number of piperidine rings is 1. The normalized spacial score (nSPS) is 20.3. The fourth-order valence-electron chi connectivity index (χ4n) is 4.48. The van der Waals surface area contributed by atoms with Crippen molar-refractivity contribution in [3.63, 3.8) is 0 Å². The number of likely N-dealkylation sites (N-methyl/N-ethyl adjacent to an activating group) is 1. The average molecular weight is 418 g/mol. The largest absolute Gasteiger partial charge is 0.302 e. The maximum Gasteiger partial charge on any atom is 0.0211 e. The molecule has 2 aromatic carbocycles. The van der Waals surface area contributed by atoms with Crippen LogP contribution in [0.4, 0.5) is 0 Å². The van der Waals surface area contributed by atoms with Gasteiger partial charge in [0.1, 0.15) is 0 Å². The van der Waals surface area contributed by atoms with Crippen molar-refractivity contribution in [2.24, 2.45) is 0 Å². The smallest absolute Gasteiger partial charge is 0.0211 e. The number of likely N-dealkylation sites (tertiary alicyclic amines) is 1. The van der Waals surface area contributed by atoms with Crippen LogP contribution in [0.1, 0.15) is 26.2 Å². The van der Waals surface area contributed by atoms with E-state index in [4.69, 9.17) is 0 Å². The second kappa shape index (κ2) is 10.9. The highest BCUT2D eigenvalue weighted by atomic mass is 31.1. The van der Waals surface area contributed by atoms with Gasteiger partial charge in [0.15, 0.2) is 0 Å². The third-order valence-corrected chi connectivity index (χ3v) is 8.94. The number of hydrogen-bond donors (Lipinski definition) is 0. The molecule has 0 spiro atoms. The zero-order valence-electron chi connectivity index (χ0n) is 18.4. The monoisotopic (exact) mass is 417 g/mol. The minimum Gasteiger partial charge on any atom is -0.302 e. The maximum atomic E-state index is 2.64. The highest BCUT2D eigenvalue weighted by molar-refractivity contribution is 7.76. The molecule has 30 heavy (non-hydrogen) atoms. The van der Waals surface area contributed by atoms with Crippen LogP contribution >= 0.6 is 7.92 Å². The SMILES string of the molecule is C[C@@H]([C]1[CH][CH][CH][C]1P(c1ccccc1)c1ccccc1)N(C)CCN1CCCCC1. The van der Waals surface area contributed by atoms with Crippen LogP contribution in [0.2, 0.25) is 0 Å². The lowest BCUT2D eigenvalue weighted by Gasteiger charge is -2.37. The van der Waals surface area contributed by atoms with Crippen LogP contribution < -0.4 is 10.6 Å². The zero-order valence-corrected chi connectivity index (χ0v) is 19.3. The second-order valence-corrected chi connectivity index (χ2v) is 10.6. The Bertz CT molecular complexity index is 704. The Morgan fingerprint density at radius 2 is 1.47 bits per heavy atom. The van der Waals surface area contributed by atoms with Crippen LogP contribution in [0.5, 0.6) is 0 Å². The molecule has 4 rings (SSSR count). The molecule has 2 nitrogen and oxygen atoms in total. The van der Waals surface area contributed by atoms with E-state index in [1.165, 1.54) is 61.1 Å². The van der Waals surface area contributed by atoms with Crippen molar-refractivity contribution in [3.05, 3.63) is 91.5 Å². The van der Waals surface area contributed by atoms with Crippen LogP contribution in [-0.2, 0) is 0 Å². The molecule has 1 aliphatic carbocycles. The quantitative estimate of drug-likeness (QED) is 0.577. The zero-order chi connectivity index (χ0) is 20.8. The Morgan fingerprint density at radius 3 is 2.07 bits per heavy atom. The van der Waals surface area contributed by atoms with Crippen LogP contribution in [-0.4, -0.2) is 49.1 Å². The van der Waals surface area contributed by atoms with Gasteiger partial charge in [0, 0.05) is 30.7 Å². The van der Waals surface area contributed by atoms with Crippen molar-refractivity contribution in [2.45, 2.75) is 32.2 Å². The third-order valence-electron chi connectivity index (χ3n) is 6.42. The summed E-state index contributed by atoms with van der Waals surface area (Å²) in [7, 11) is 1.74. The van der Waals surface area contributed by atoms with Gasteiger partial charge >= 0.3 is 0 Å². The summed E-state index contributed by atoms with van der Waals surface area (Å²) in [5, 5.41) is 2.85. The lowest BCUT2D eigenvalue weighted by atomic mass is 9.98. The van der Waals surface area contributed by atoms with Crippen molar-refractivity contribution in [1.29, 1.82) is 0 Å². The lowest BCUT2D eigenvalue weighted by Crippen LogP contribution is -2.42. The molecule has 2 aliphatic rings. The summed E-state index contributed by atoms with van der Waals surface area (Å²) in [5.41, 5.74) is 1.50. The molecule has 0 bridgehead atoms. The molecule has 1 aliphatic heterocycles. The van der Waals surface area contributed by atoms with E-state index in [0.29, 0.717) is 6.04 Å². The predicted octanol–water partition coefficient (Wildman–Crippen LogP) is 4.66. The van der Waals surface area contributed by atoms with Gasteiger partial charge in [0.2, 0.25) is 0 Å². The molecule has 1 saturated heterocycles. The first-order chi connectivity index (χ1) is 14.7. The highest BCUT2D eigenvalue weighted by Gasteiger charge is 2.40. The van der Waals surface area contributed by atoms with Gasteiger partial charge < -0.3 is 9.80 Å². The summed E-state index contributed by atoms with van der Waals surface area (Å²) >= 11 is 0. The number of hydrogen-bond acceptors (Lipinski definition) is 2. The van der Waals surface area contributed by atoms with E-state index >= 15 is 0 Å². The van der Waals surface area contributed by atoms with Gasteiger partial charge in [-0.25, -0.2) is 0 Å². The van der Waals surface area contributed by atoms with E-state index in [0.717, 1.165) is 6.54 Å². The molecule has 2 fully saturated rings. The molecule has 0 amide bonds. The van der Waals surface area contributed by atoms with Crippen molar-refractivity contribution in [1.82, 2.24) is 9.80 Å². The van der Waals surface area contributed by atoms with Gasteiger partial charge in [0.05, 0.1) is 0 Å². The molecule has 0 unspecified atom stereocenters. The summed E-state index contributed by atoms with van der Waals surface area (Å²) in [6.45, 7) is 7.23. The van der Waals surface area contributed by atoms with Gasteiger partial charge in [0.25, 0.3) is 0 Å². The molecule has 1 heterocycles. The van der Waals surface area contributed by atoms with Gasteiger partial charge in [-0.3, -0.25) is 0 Å². The van der Waals surface area contributed by atoms with Crippen LogP contribution in [0.3, 0.4) is 0 Å². The first kappa shape index (κ1) is 22.0. The molecular weight excluding hydrogens is 383 g/mol. The Labute approximate surface area is 185 Å². The first-order valence-electron chi connectivity index (χ1n) is 11.3. The third kappa shape index (κ3) is 5.34. The molecule has 0 aromatic heterocycles. The van der Waals surface area contributed by atoms with Crippen molar-refractivity contribution in [3.8, 4) is 0 Å². The summed E-state index contributed by atoms with van der Waals surface area (Å²) in [6.07, 6.45) is 11.1. The van der Waals surface area contributed by atoms with Crippen LogP contribution in [0.15, 0.2) is 60.7 Å². The molecule has 5 radical (unpaired) electrons. The van der Waals surface area contributed by atoms with Crippen molar-refractivity contribution >= 4 is 18.5 Å². The van der Waals surface area contributed by atoms with Gasteiger partial charge in [-0.15, -0.1) is 0 Å². The standard InChI is InChI=1S/C27H34N2P/c1-23(28(2)21-22-29-19-10-5-11-20-29)26-17-12-18-27(26)30(24-13-6-3-7-14-24)25-15-8-4-9-16-25/h3-4,6-9,12-18,23H,5,10-11,19-22H2,1-2H3/t23-/m0/s1. The van der Waals surface area contributed by atoms with E-state index in [9.17, 15) is 0 Å². The van der Waals surface area contributed by atoms with E-state index in [1.807, 2.05) is 0 Å². The Balaban J connectivity index is 1.48. The number of nitrogens with zero attached hydrogens (tertiary/aromatic N) is 2. The van der Waals surface area contributed by atoms with E-state index in [2.05, 4.69) is 104 Å². The summed E-state index contributed by atoms with van der Waals surface area (Å²) in [5.74, 6) is 1.48. The lowest BCUT2D eigenvalue weighted by molar-refractivity contribution is 0.181. The summed E-state index contributed by atoms with van der Waals surface area (Å²) in [6, 6.07) is 22.5. The molecular formula is C27H34N2P. The summed E-state index contributed by atoms with van der Waals surface area (Å²) in [4.78, 5) is 5.18. The minimum atomic E-state index is -0.545. The highest BCUT2D eigenvalue weighted by Crippen LogP contribution is 2.57. The second-order valence-electron chi connectivity index (χ2n) is 8.43. The van der Waals surface area contributed by atoms with Crippen molar-refractivity contribution < 1.29 is 0 Å². The first-order valence-corrected chi connectivity index (χ1v) is 12.7. The fraction of sp³-hybridized carbons (Fsp3) is 0.370. The van der Waals surface area contributed by atoms with Gasteiger partial charge in [-0.2, -0.15) is 0 Å². The molecule has 1 saturated carbocycles. The predicted molar refractivity (Wildman–Crippen MR) is 131 cm³/mol. The molecule has 0 N–H and O–H groups in total. The Hall–Kier alpha value is -1.21.